The molecule has 1 rings (SSSR count). The summed E-state index contributed by atoms with van der Waals surface area (Å²) in [7, 11) is 0. The SMILES string of the molecule is CCOC(=O)C1CCCN(CCC(C)(C)CC)C1. The van der Waals surface area contributed by atoms with Crippen LogP contribution in [-0.4, -0.2) is 37.1 Å². The molecule has 0 spiro atoms. The second kappa shape index (κ2) is 7.13. The predicted octanol–water partition coefficient (Wildman–Crippen LogP) is 3.09. The number of carbonyl (C=O) groups excluding carboxylic acids is 1. The molecule has 1 aliphatic rings. The van der Waals surface area contributed by atoms with E-state index in [1.54, 1.807) is 0 Å². The zero-order chi connectivity index (χ0) is 13.6. The normalized spacial score (nSPS) is 21.9. The highest BCUT2D eigenvalue weighted by Crippen LogP contribution is 2.26. The molecular formula is C15H29NO2. The molecule has 106 valence electrons. The maximum Gasteiger partial charge on any atom is 0.310 e. The third kappa shape index (κ3) is 4.97. The van der Waals surface area contributed by atoms with Gasteiger partial charge in [0.15, 0.2) is 0 Å². The second-order valence-electron chi connectivity index (χ2n) is 6.16. The Morgan fingerprint density at radius 2 is 2.11 bits per heavy atom. The Labute approximate surface area is 112 Å². The van der Waals surface area contributed by atoms with Gasteiger partial charge in [0.05, 0.1) is 12.5 Å². The molecule has 18 heavy (non-hydrogen) atoms. The van der Waals surface area contributed by atoms with Crippen LogP contribution < -0.4 is 0 Å². The van der Waals surface area contributed by atoms with Crippen molar-refractivity contribution in [3.05, 3.63) is 0 Å². The third-order valence-corrected chi connectivity index (χ3v) is 4.19. The van der Waals surface area contributed by atoms with E-state index in [4.69, 9.17) is 4.74 Å². The van der Waals surface area contributed by atoms with Gasteiger partial charge in [0.25, 0.3) is 0 Å². The van der Waals surface area contributed by atoms with Crippen molar-refractivity contribution in [2.45, 2.75) is 53.4 Å². The summed E-state index contributed by atoms with van der Waals surface area (Å²) in [4.78, 5) is 14.2. The topological polar surface area (TPSA) is 29.5 Å². The Kier molecular flexibility index (Phi) is 6.13. The number of carbonyl (C=O) groups is 1. The lowest BCUT2D eigenvalue weighted by Crippen LogP contribution is -2.40. The van der Waals surface area contributed by atoms with Gasteiger partial charge in [-0.25, -0.2) is 0 Å². The summed E-state index contributed by atoms with van der Waals surface area (Å²) in [6.07, 6.45) is 4.53. The molecule has 0 saturated carbocycles. The molecule has 1 heterocycles. The van der Waals surface area contributed by atoms with Crippen LogP contribution in [0.5, 0.6) is 0 Å². The standard InChI is InChI=1S/C15H29NO2/c1-5-15(3,4)9-11-16-10-7-8-13(12-16)14(17)18-6-2/h13H,5-12H2,1-4H3. The molecule has 0 bridgehead atoms. The van der Waals surface area contributed by atoms with Gasteiger partial charge in [-0.05, 0) is 44.7 Å². The molecule has 1 fully saturated rings. The lowest BCUT2D eigenvalue weighted by Gasteiger charge is -2.34. The summed E-state index contributed by atoms with van der Waals surface area (Å²) in [6, 6.07) is 0. The Bertz CT molecular complexity index is 263. The molecule has 1 aliphatic heterocycles. The van der Waals surface area contributed by atoms with Crippen LogP contribution in [0, 0.1) is 11.3 Å². The predicted molar refractivity (Wildman–Crippen MR) is 74.5 cm³/mol. The maximum atomic E-state index is 11.8. The van der Waals surface area contributed by atoms with Crippen LogP contribution in [-0.2, 0) is 9.53 Å². The number of likely N-dealkylation sites (tertiary alicyclic amines) is 1. The molecule has 0 aromatic rings. The monoisotopic (exact) mass is 255 g/mol. The lowest BCUT2D eigenvalue weighted by molar-refractivity contribution is -0.149. The van der Waals surface area contributed by atoms with Crippen LogP contribution in [0.2, 0.25) is 0 Å². The molecule has 0 aliphatic carbocycles. The molecule has 1 unspecified atom stereocenters. The molecule has 0 N–H and O–H groups in total. The fourth-order valence-electron chi connectivity index (χ4n) is 2.35. The minimum absolute atomic E-state index is 0.00282. The highest BCUT2D eigenvalue weighted by molar-refractivity contribution is 5.72. The van der Waals surface area contributed by atoms with Crippen LogP contribution in [0.3, 0.4) is 0 Å². The average Bonchev–Trinajstić information content (AvgIpc) is 2.37. The van der Waals surface area contributed by atoms with E-state index in [2.05, 4.69) is 25.7 Å². The van der Waals surface area contributed by atoms with Crippen LogP contribution in [0.1, 0.15) is 53.4 Å². The van der Waals surface area contributed by atoms with Crippen molar-refractivity contribution < 1.29 is 9.53 Å². The second-order valence-corrected chi connectivity index (χ2v) is 6.16. The summed E-state index contributed by atoms with van der Waals surface area (Å²) in [6.45, 7) is 12.4. The molecule has 0 aromatic carbocycles. The summed E-state index contributed by atoms with van der Waals surface area (Å²) in [5.41, 5.74) is 0.414. The summed E-state index contributed by atoms with van der Waals surface area (Å²) in [5.74, 6) is 0.0976. The number of rotatable bonds is 6. The van der Waals surface area contributed by atoms with Gasteiger partial charge in [-0.1, -0.05) is 27.2 Å². The van der Waals surface area contributed by atoms with Crippen molar-refractivity contribution >= 4 is 5.97 Å². The van der Waals surface area contributed by atoms with Gasteiger partial charge < -0.3 is 9.64 Å². The summed E-state index contributed by atoms with van der Waals surface area (Å²) < 4.78 is 5.13. The molecule has 3 heteroatoms. The smallest absolute Gasteiger partial charge is 0.310 e. The van der Waals surface area contributed by atoms with Crippen LogP contribution in [0.25, 0.3) is 0 Å². The van der Waals surface area contributed by atoms with E-state index in [0.29, 0.717) is 12.0 Å². The number of esters is 1. The van der Waals surface area contributed by atoms with E-state index in [0.717, 1.165) is 32.5 Å². The first kappa shape index (κ1) is 15.5. The molecule has 1 atom stereocenters. The minimum atomic E-state index is -0.00282. The van der Waals surface area contributed by atoms with Crippen molar-refractivity contribution in [1.29, 1.82) is 0 Å². The number of nitrogens with zero attached hydrogens (tertiary/aromatic N) is 1. The van der Waals surface area contributed by atoms with Gasteiger partial charge in [0.1, 0.15) is 0 Å². The van der Waals surface area contributed by atoms with Crippen molar-refractivity contribution in [2.75, 3.05) is 26.2 Å². The first-order chi connectivity index (χ1) is 8.48. The molecule has 3 nitrogen and oxygen atoms in total. The first-order valence-electron chi connectivity index (χ1n) is 7.37. The molecular weight excluding hydrogens is 226 g/mol. The minimum Gasteiger partial charge on any atom is -0.466 e. The van der Waals surface area contributed by atoms with Gasteiger partial charge in [0, 0.05) is 6.54 Å². The van der Waals surface area contributed by atoms with E-state index in [-0.39, 0.29) is 11.9 Å². The molecule has 0 radical (unpaired) electrons. The zero-order valence-electron chi connectivity index (χ0n) is 12.5. The highest BCUT2D eigenvalue weighted by atomic mass is 16.5. The van der Waals surface area contributed by atoms with Crippen molar-refractivity contribution in [1.82, 2.24) is 4.90 Å². The Hall–Kier alpha value is -0.570. The molecule has 1 saturated heterocycles. The Morgan fingerprint density at radius 3 is 2.72 bits per heavy atom. The number of ether oxygens (including phenoxy) is 1. The number of hydrogen-bond acceptors (Lipinski definition) is 3. The van der Waals surface area contributed by atoms with Gasteiger partial charge in [-0.2, -0.15) is 0 Å². The summed E-state index contributed by atoms with van der Waals surface area (Å²) >= 11 is 0. The van der Waals surface area contributed by atoms with Gasteiger partial charge in [0.2, 0.25) is 0 Å². The number of hydrogen-bond donors (Lipinski definition) is 0. The van der Waals surface area contributed by atoms with Crippen LogP contribution >= 0.6 is 0 Å². The fourth-order valence-corrected chi connectivity index (χ4v) is 2.35. The van der Waals surface area contributed by atoms with Gasteiger partial charge in [-0.15, -0.1) is 0 Å². The highest BCUT2D eigenvalue weighted by Gasteiger charge is 2.27. The largest absolute Gasteiger partial charge is 0.466 e. The Balaban J connectivity index is 2.37. The van der Waals surface area contributed by atoms with Crippen LogP contribution in [0.4, 0.5) is 0 Å². The molecule has 0 amide bonds. The quantitative estimate of drug-likeness (QED) is 0.683. The zero-order valence-corrected chi connectivity index (χ0v) is 12.5. The average molecular weight is 255 g/mol. The first-order valence-corrected chi connectivity index (χ1v) is 7.37. The van der Waals surface area contributed by atoms with Crippen molar-refractivity contribution in [2.24, 2.45) is 11.3 Å². The maximum absolute atomic E-state index is 11.8. The fraction of sp³-hybridized carbons (Fsp3) is 0.933. The van der Waals surface area contributed by atoms with Gasteiger partial charge >= 0.3 is 5.97 Å². The summed E-state index contributed by atoms with van der Waals surface area (Å²) in [5, 5.41) is 0. The lowest BCUT2D eigenvalue weighted by atomic mass is 9.86. The van der Waals surface area contributed by atoms with E-state index in [9.17, 15) is 4.79 Å². The van der Waals surface area contributed by atoms with E-state index >= 15 is 0 Å². The third-order valence-electron chi connectivity index (χ3n) is 4.19. The van der Waals surface area contributed by atoms with Crippen molar-refractivity contribution in [3.63, 3.8) is 0 Å². The number of piperidine rings is 1. The Morgan fingerprint density at radius 1 is 1.39 bits per heavy atom. The van der Waals surface area contributed by atoms with E-state index in [1.165, 1.54) is 12.8 Å². The van der Waals surface area contributed by atoms with Gasteiger partial charge in [-0.3, -0.25) is 4.79 Å². The van der Waals surface area contributed by atoms with Crippen molar-refractivity contribution in [3.8, 4) is 0 Å². The van der Waals surface area contributed by atoms with E-state index < -0.39 is 0 Å². The van der Waals surface area contributed by atoms with Crippen LogP contribution in [0.15, 0.2) is 0 Å². The molecule has 0 aromatic heterocycles. The van der Waals surface area contributed by atoms with E-state index in [1.807, 2.05) is 6.92 Å².